The Morgan fingerprint density at radius 1 is 1.15 bits per heavy atom. The number of nitrogens with one attached hydrogen (secondary N) is 2. The summed E-state index contributed by atoms with van der Waals surface area (Å²) in [6, 6.07) is -1.20. The van der Waals surface area contributed by atoms with Gasteiger partial charge in [0.15, 0.2) is 0 Å². The van der Waals surface area contributed by atoms with Crippen LogP contribution in [0.2, 0.25) is 0 Å². The summed E-state index contributed by atoms with van der Waals surface area (Å²) in [6.45, 7) is 6.44. The monoisotopic (exact) mass is 284 g/mol. The summed E-state index contributed by atoms with van der Waals surface area (Å²) in [5, 5.41) is 14.4. The standard InChI is InChI=1S/C15H28N2O3/c1-4-11-5-7-12(8-6-11)9-16-15(20)17-13(10(2)3)14(18)19/h10-13H,4-9H2,1-3H3,(H,18,19)(H2,16,17,20)/t11?,12?,13-/m1/s1. The second kappa shape index (κ2) is 8.12. The third-order valence-electron chi connectivity index (χ3n) is 4.31. The number of carbonyl (C=O) groups excluding carboxylic acids is 1. The highest BCUT2D eigenvalue weighted by atomic mass is 16.4. The minimum absolute atomic E-state index is 0.127. The number of hydrogen-bond acceptors (Lipinski definition) is 2. The van der Waals surface area contributed by atoms with Gasteiger partial charge in [0, 0.05) is 6.54 Å². The molecule has 0 aliphatic heterocycles. The zero-order chi connectivity index (χ0) is 15.1. The van der Waals surface area contributed by atoms with E-state index >= 15 is 0 Å². The molecule has 3 N–H and O–H groups in total. The molecule has 1 rings (SSSR count). The first kappa shape index (κ1) is 16.8. The van der Waals surface area contributed by atoms with E-state index in [0.717, 1.165) is 18.8 Å². The Hall–Kier alpha value is -1.26. The van der Waals surface area contributed by atoms with E-state index < -0.39 is 12.0 Å². The van der Waals surface area contributed by atoms with Crippen molar-refractivity contribution in [2.45, 2.75) is 58.9 Å². The predicted octanol–water partition coefficient (Wildman–Crippen LogP) is 2.61. The van der Waals surface area contributed by atoms with Crippen LogP contribution in [-0.4, -0.2) is 29.7 Å². The Morgan fingerprint density at radius 3 is 2.15 bits per heavy atom. The third kappa shape index (κ3) is 5.39. The van der Waals surface area contributed by atoms with Gasteiger partial charge in [0.1, 0.15) is 6.04 Å². The summed E-state index contributed by atoms with van der Waals surface area (Å²) < 4.78 is 0. The quantitative estimate of drug-likeness (QED) is 0.701. The molecule has 0 unspecified atom stereocenters. The molecule has 0 saturated heterocycles. The van der Waals surface area contributed by atoms with Gasteiger partial charge in [0.05, 0.1) is 0 Å². The molecule has 0 aromatic carbocycles. The number of carboxylic acid groups (broad SMARTS) is 1. The maximum absolute atomic E-state index is 11.7. The lowest BCUT2D eigenvalue weighted by Crippen LogP contribution is -2.49. The van der Waals surface area contributed by atoms with E-state index in [2.05, 4.69) is 17.6 Å². The van der Waals surface area contributed by atoms with E-state index in [1.165, 1.54) is 19.3 Å². The van der Waals surface area contributed by atoms with Crippen molar-refractivity contribution in [3.05, 3.63) is 0 Å². The predicted molar refractivity (Wildman–Crippen MR) is 78.5 cm³/mol. The van der Waals surface area contributed by atoms with Crippen LogP contribution in [0, 0.1) is 17.8 Å². The Bertz CT molecular complexity index is 323. The highest BCUT2D eigenvalue weighted by molar-refractivity contribution is 5.82. The second-order valence-corrected chi connectivity index (χ2v) is 6.21. The van der Waals surface area contributed by atoms with Crippen LogP contribution in [0.4, 0.5) is 4.79 Å². The largest absolute Gasteiger partial charge is 0.480 e. The van der Waals surface area contributed by atoms with Gasteiger partial charge in [-0.1, -0.05) is 40.0 Å². The number of urea groups is 1. The molecule has 1 atom stereocenters. The van der Waals surface area contributed by atoms with Crippen LogP contribution < -0.4 is 10.6 Å². The molecule has 1 aliphatic rings. The summed E-state index contributed by atoms with van der Waals surface area (Å²) in [5.74, 6) is 0.264. The minimum Gasteiger partial charge on any atom is -0.480 e. The number of hydrogen-bond donors (Lipinski definition) is 3. The number of aliphatic carboxylic acids is 1. The van der Waals surface area contributed by atoms with Crippen molar-refractivity contribution in [2.75, 3.05) is 6.54 Å². The van der Waals surface area contributed by atoms with Crippen molar-refractivity contribution >= 4 is 12.0 Å². The molecule has 1 aliphatic carbocycles. The molecule has 0 bridgehead atoms. The molecule has 0 heterocycles. The van der Waals surface area contributed by atoms with Gasteiger partial charge in [-0.15, -0.1) is 0 Å². The van der Waals surface area contributed by atoms with Gasteiger partial charge in [-0.25, -0.2) is 9.59 Å². The van der Waals surface area contributed by atoms with E-state index in [1.54, 1.807) is 13.8 Å². The smallest absolute Gasteiger partial charge is 0.326 e. The number of carboxylic acids is 1. The number of carbonyl (C=O) groups is 2. The molecular weight excluding hydrogens is 256 g/mol. The van der Waals surface area contributed by atoms with Crippen LogP contribution in [0.1, 0.15) is 52.9 Å². The molecule has 116 valence electrons. The maximum atomic E-state index is 11.7. The van der Waals surface area contributed by atoms with Gasteiger partial charge in [-0.2, -0.15) is 0 Å². The first-order valence-corrected chi connectivity index (χ1v) is 7.71. The SMILES string of the molecule is CCC1CCC(CNC(=O)N[C@@H](C(=O)O)C(C)C)CC1. The second-order valence-electron chi connectivity index (χ2n) is 6.21. The Labute approximate surface area is 121 Å². The maximum Gasteiger partial charge on any atom is 0.326 e. The topological polar surface area (TPSA) is 78.4 Å². The highest BCUT2D eigenvalue weighted by Crippen LogP contribution is 2.29. The summed E-state index contributed by atoms with van der Waals surface area (Å²) in [5.41, 5.74) is 0. The van der Waals surface area contributed by atoms with Crippen molar-refractivity contribution in [3.8, 4) is 0 Å². The molecule has 1 fully saturated rings. The van der Waals surface area contributed by atoms with Crippen LogP contribution in [0.15, 0.2) is 0 Å². The lowest BCUT2D eigenvalue weighted by atomic mass is 9.81. The first-order valence-electron chi connectivity index (χ1n) is 7.71. The van der Waals surface area contributed by atoms with Crippen molar-refractivity contribution < 1.29 is 14.7 Å². The molecular formula is C15H28N2O3. The highest BCUT2D eigenvalue weighted by Gasteiger charge is 2.24. The number of amides is 2. The van der Waals surface area contributed by atoms with Crippen molar-refractivity contribution in [2.24, 2.45) is 17.8 Å². The normalized spacial score (nSPS) is 24.2. The summed E-state index contributed by atoms with van der Waals surface area (Å²) in [4.78, 5) is 22.7. The number of rotatable bonds is 6. The Balaban J connectivity index is 2.28. The van der Waals surface area contributed by atoms with Crippen LogP contribution in [0.5, 0.6) is 0 Å². The molecule has 5 nitrogen and oxygen atoms in total. The van der Waals surface area contributed by atoms with Crippen molar-refractivity contribution in [1.29, 1.82) is 0 Å². The molecule has 0 radical (unpaired) electrons. The fraction of sp³-hybridized carbons (Fsp3) is 0.867. The van der Waals surface area contributed by atoms with E-state index in [-0.39, 0.29) is 11.9 Å². The molecule has 5 heteroatoms. The van der Waals surface area contributed by atoms with Crippen molar-refractivity contribution in [3.63, 3.8) is 0 Å². The van der Waals surface area contributed by atoms with Crippen LogP contribution in [0.25, 0.3) is 0 Å². The summed E-state index contributed by atoms with van der Waals surface area (Å²) in [7, 11) is 0. The average Bonchev–Trinajstić information content (AvgIpc) is 2.42. The molecule has 1 saturated carbocycles. The molecule has 0 spiro atoms. The molecule has 20 heavy (non-hydrogen) atoms. The van der Waals surface area contributed by atoms with Gasteiger partial charge in [0.2, 0.25) is 0 Å². The fourth-order valence-corrected chi connectivity index (χ4v) is 2.79. The Kier molecular flexibility index (Phi) is 6.82. The zero-order valence-electron chi connectivity index (χ0n) is 12.8. The van der Waals surface area contributed by atoms with E-state index in [4.69, 9.17) is 5.11 Å². The molecule has 0 aromatic heterocycles. The fourth-order valence-electron chi connectivity index (χ4n) is 2.79. The summed E-state index contributed by atoms with van der Waals surface area (Å²) in [6.07, 6.45) is 6.05. The van der Waals surface area contributed by atoms with Gasteiger partial charge >= 0.3 is 12.0 Å². The van der Waals surface area contributed by atoms with Crippen LogP contribution >= 0.6 is 0 Å². The first-order chi connectivity index (χ1) is 9.43. The lowest BCUT2D eigenvalue weighted by molar-refractivity contribution is -0.140. The van der Waals surface area contributed by atoms with E-state index in [0.29, 0.717) is 12.5 Å². The summed E-state index contributed by atoms with van der Waals surface area (Å²) >= 11 is 0. The average molecular weight is 284 g/mol. The van der Waals surface area contributed by atoms with Gasteiger partial charge in [0.25, 0.3) is 0 Å². The van der Waals surface area contributed by atoms with Crippen LogP contribution in [0.3, 0.4) is 0 Å². The van der Waals surface area contributed by atoms with Gasteiger partial charge < -0.3 is 15.7 Å². The lowest BCUT2D eigenvalue weighted by Gasteiger charge is -2.28. The van der Waals surface area contributed by atoms with Crippen LogP contribution in [-0.2, 0) is 4.79 Å². The Morgan fingerprint density at radius 2 is 1.70 bits per heavy atom. The third-order valence-corrected chi connectivity index (χ3v) is 4.31. The van der Waals surface area contributed by atoms with Gasteiger partial charge in [-0.3, -0.25) is 0 Å². The van der Waals surface area contributed by atoms with E-state index in [9.17, 15) is 9.59 Å². The zero-order valence-corrected chi connectivity index (χ0v) is 12.8. The van der Waals surface area contributed by atoms with E-state index in [1.807, 2.05) is 0 Å². The minimum atomic E-state index is -0.987. The molecule has 0 aromatic rings. The van der Waals surface area contributed by atoms with Crippen molar-refractivity contribution in [1.82, 2.24) is 10.6 Å². The van der Waals surface area contributed by atoms with Gasteiger partial charge in [-0.05, 0) is 30.6 Å². The molecule has 2 amide bonds.